The monoisotopic (exact) mass is 253 g/mol. The fourth-order valence-electron chi connectivity index (χ4n) is 1.33. The van der Waals surface area contributed by atoms with Gasteiger partial charge in [-0.1, -0.05) is 6.92 Å². The van der Waals surface area contributed by atoms with E-state index in [1.165, 1.54) is 0 Å². The Hall–Kier alpha value is -0.800. The van der Waals surface area contributed by atoms with Crippen molar-refractivity contribution in [3.05, 3.63) is 23.7 Å². The molecule has 3 heteroatoms. The molecular formula is C15H27NO2. The van der Waals surface area contributed by atoms with Crippen LogP contribution in [0.25, 0.3) is 0 Å². The Morgan fingerprint density at radius 2 is 1.89 bits per heavy atom. The fourth-order valence-corrected chi connectivity index (χ4v) is 1.33. The second kappa shape index (κ2) is 5.89. The van der Waals surface area contributed by atoms with Crippen LogP contribution in [0.5, 0.6) is 0 Å². The molecule has 1 rings (SSSR count). The molecule has 0 spiro atoms. The highest BCUT2D eigenvalue weighted by Crippen LogP contribution is 2.18. The van der Waals surface area contributed by atoms with Gasteiger partial charge in [0.15, 0.2) is 0 Å². The minimum atomic E-state index is -0.0867. The Kier molecular flexibility index (Phi) is 5.00. The maximum absolute atomic E-state index is 5.81. The predicted octanol–water partition coefficient (Wildman–Crippen LogP) is 3.87. The molecule has 0 amide bonds. The first kappa shape index (κ1) is 15.3. The number of ether oxygens (including phenoxy) is 1. The number of hydrogen-bond acceptors (Lipinski definition) is 3. The van der Waals surface area contributed by atoms with Crippen LogP contribution in [0.15, 0.2) is 16.7 Å². The summed E-state index contributed by atoms with van der Waals surface area (Å²) in [5.41, 5.74) is 1.20. The summed E-state index contributed by atoms with van der Waals surface area (Å²) in [6, 6.07) is 2.06. The smallest absolute Gasteiger partial charge is 0.129 e. The van der Waals surface area contributed by atoms with Gasteiger partial charge in [-0.15, -0.1) is 0 Å². The molecule has 0 unspecified atom stereocenters. The van der Waals surface area contributed by atoms with Crippen molar-refractivity contribution >= 4 is 0 Å². The van der Waals surface area contributed by atoms with E-state index in [0.29, 0.717) is 6.61 Å². The molecular weight excluding hydrogens is 226 g/mol. The molecule has 104 valence electrons. The van der Waals surface area contributed by atoms with E-state index in [1.807, 2.05) is 0 Å². The van der Waals surface area contributed by atoms with E-state index < -0.39 is 0 Å². The first-order chi connectivity index (χ1) is 8.22. The largest absolute Gasteiger partial charge is 0.467 e. The molecule has 0 aliphatic rings. The lowest BCUT2D eigenvalue weighted by Crippen LogP contribution is -2.34. The van der Waals surface area contributed by atoms with Gasteiger partial charge >= 0.3 is 0 Å². The summed E-state index contributed by atoms with van der Waals surface area (Å²) < 4.78 is 11.3. The minimum Gasteiger partial charge on any atom is -0.467 e. The van der Waals surface area contributed by atoms with Crippen LogP contribution in [-0.2, 0) is 17.9 Å². The van der Waals surface area contributed by atoms with Gasteiger partial charge in [-0.05, 0) is 47.1 Å². The number of hydrogen-bond donors (Lipinski definition) is 1. The summed E-state index contributed by atoms with van der Waals surface area (Å²) in [7, 11) is 0. The highest BCUT2D eigenvalue weighted by atomic mass is 16.5. The van der Waals surface area contributed by atoms with Crippen LogP contribution in [0.4, 0.5) is 0 Å². The molecule has 1 N–H and O–H groups in total. The zero-order chi connectivity index (χ0) is 13.8. The molecule has 0 aromatic carbocycles. The zero-order valence-electron chi connectivity index (χ0n) is 12.6. The van der Waals surface area contributed by atoms with Crippen molar-refractivity contribution in [1.82, 2.24) is 5.32 Å². The summed E-state index contributed by atoms with van der Waals surface area (Å²) in [4.78, 5) is 0. The summed E-state index contributed by atoms with van der Waals surface area (Å²) in [5.74, 6) is 0.891. The van der Waals surface area contributed by atoms with Crippen molar-refractivity contribution in [2.45, 2.75) is 72.3 Å². The number of furan rings is 1. The normalized spacial score (nSPS) is 13.0. The molecule has 0 aliphatic heterocycles. The van der Waals surface area contributed by atoms with Crippen LogP contribution in [-0.4, -0.2) is 11.1 Å². The first-order valence-electron chi connectivity index (χ1n) is 6.67. The van der Waals surface area contributed by atoms with Gasteiger partial charge in [0.05, 0.1) is 11.9 Å². The SMILES string of the molecule is CCC(C)(C)OCc1cc(CNC(C)(C)C)co1. The maximum atomic E-state index is 5.81. The Morgan fingerprint density at radius 3 is 2.44 bits per heavy atom. The van der Waals surface area contributed by atoms with Gasteiger partial charge < -0.3 is 14.5 Å². The topological polar surface area (TPSA) is 34.4 Å². The van der Waals surface area contributed by atoms with E-state index in [4.69, 9.17) is 9.15 Å². The molecule has 0 saturated heterocycles. The van der Waals surface area contributed by atoms with Gasteiger partial charge in [-0.2, -0.15) is 0 Å². The molecule has 0 fully saturated rings. The van der Waals surface area contributed by atoms with Gasteiger partial charge in [0.25, 0.3) is 0 Å². The molecule has 1 aromatic rings. The van der Waals surface area contributed by atoms with Crippen LogP contribution >= 0.6 is 0 Å². The van der Waals surface area contributed by atoms with Crippen molar-refractivity contribution in [3.8, 4) is 0 Å². The Labute approximate surface area is 111 Å². The summed E-state index contributed by atoms with van der Waals surface area (Å²) in [6.45, 7) is 14.1. The third-order valence-corrected chi connectivity index (χ3v) is 2.99. The quantitative estimate of drug-likeness (QED) is 0.835. The maximum Gasteiger partial charge on any atom is 0.129 e. The summed E-state index contributed by atoms with van der Waals surface area (Å²) in [5, 5.41) is 3.43. The highest BCUT2D eigenvalue weighted by molar-refractivity contribution is 5.12. The molecule has 0 atom stereocenters. The summed E-state index contributed by atoms with van der Waals surface area (Å²) in [6.07, 6.45) is 2.79. The molecule has 1 heterocycles. The molecule has 0 bridgehead atoms. The first-order valence-corrected chi connectivity index (χ1v) is 6.67. The van der Waals surface area contributed by atoms with Crippen molar-refractivity contribution in [3.63, 3.8) is 0 Å². The molecule has 3 nitrogen and oxygen atoms in total. The van der Waals surface area contributed by atoms with Crippen molar-refractivity contribution < 1.29 is 9.15 Å². The second-order valence-electron chi connectivity index (χ2n) is 6.43. The minimum absolute atomic E-state index is 0.0867. The van der Waals surface area contributed by atoms with Crippen molar-refractivity contribution in [2.75, 3.05) is 0 Å². The Balaban J connectivity index is 2.44. The number of rotatable bonds is 6. The second-order valence-corrected chi connectivity index (χ2v) is 6.43. The lowest BCUT2D eigenvalue weighted by Gasteiger charge is -2.22. The number of nitrogens with one attached hydrogen (secondary N) is 1. The van der Waals surface area contributed by atoms with Crippen LogP contribution in [0.2, 0.25) is 0 Å². The average Bonchev–Trinajstić information content (AvgIpc) is 2.71. The van der Waals surface area contributed by atoms with Gasteiger partial charge in [0.1, 0.15) is 12.4 Å². The predicted molar refractivity (Wildman–Crippen MR) is 74.5 cm³/mol. The molecule has 0 radical (unpaired) electrons. The standard InChI is InChI=1S/C15H27NO2/c1-7-15(5,6)18-11-13-8-12(10-17-13)9-16-14(2,3)4/h8,10,16H,7,9,11H2,1-6H3. The fraction of sp³-hybridized carbons (Fsp3) is 0.733. The van der Waals surface area contributed by atoms with E-state index in [0.717, 1.165) is 24.3 Å². The lowest BCUT2D eigenvalue weighted by atomic mass is 10.1. The van der Waals surface area contributed by atoms with Crippen LogP contribution < -0.4 is 5.32 Å². The highest BCUT2D eigenvalue weighted by Gasteiger charge is 2.16. The van der Waals surface area contributed by atoms with E-state index >= 15 is 0 Å². The van der Waals surface area contributed by atoms with Crippen molar-refractivity contribution in [2.24, 2.45) is 0 Å². The molecule has 18 heavy (non-hydrogen) atoms. The zero-order valence-corrected chi connectivity index (χ0v) is 12.6. The van der Waals surface area contributed by atoms with Gasteiger partial charge in [-0.3, -0.25) is 0 Å². The van der Waals surface area contributed by atoms with Crippen LogP contribution in [0.3, 0.4) is 0 Å². The third-order valence-electron chi connectivity index (χ3n) is 2.99. The molecule has 1 aromatic heterocycles. The lowest BCUT2D eigenvalue weighted by molar-refractivity contribution is -0.0383. The third kappa shape index (κ3) is 5.69. The van der Waals surface area contributed by atoms with Crippen molar-refractivity contribution in [1.29, 1.82) is 0 Å². The van der Waals surface area contributed by atoms with E-state index in [1.54, 1.807) is 6.26 Å². The van der Waals surface area contributed by atoms with Gasteiger partial charge in [0.2, 0.25) is 0 Å². The van der Waals surface area contributed by atoms with Gasteiger partial charge in [0, 0.05) is 17.6 Å². The van der Waals surface area contributed by atoms with Gasteiger partial charge in [-0.25, -0.2) is 0 Å². The van der Waals surface area contributed by atoms with E-state index in [2.05, 4.69) is 52.9 Å². The molecule has 0 saturated carbocycles. The van der Waals surface area contributed by atoms with E-state index in [9.17, 15) is 0 Å². The Morgan fingerprint density at radius 1 is 1.22 bits per heavy atom. The Bertz CT molecular complexity index is 361. The van der Waals surface area contributed by atoms with E-state index in [-0.39, 0.29) is 11.1 Å². The summed E-state index contributed by atoms with van der Waals surface area (Å²) >= 11 is 0. The van der Waals surface area contributed by atoms with Crippen LogP contribution in [0, 0.1) is 0 Å². The van der Waals surface area contributed by atoms with Crippen LogP contribution in [0.1, 0.15) is 59.3 Å². The molecule has 0 aliphatic carbocycles. The average molecular weight is 253 g/mol.